The van der Waals surface area contributed by atoms with Crippen molar-refractivity contribution in [3.63, 3.8) is 0 Å². The van der Waals surface area contributed by atoms with Gasteiger partial charge in [-0.1, -0.05) is 30.3 Å². The van der Waals surface area contributed by atoms with Crippen LogP contribution in [0.15, 0.2) is 36.4 Å². The third-order valence-electron chi connectivity index (χ3n) is 3.71. The van der Waals surface area contributed by atoms with Gasteiger partial charge in [-0.2, -0.15) is 0 Å². The van der Waals surface area contributed by atoms with Crippen molar-refractivity contribution in [1.29, 1.82) is 0 Å². The highest BCUT2D eigenvalue weighted by Gasteiger charge is 2.36. The summed E-state index contributed by atoms with van der Waals surface area (Å²) in [6, 6.07) is 9.23. The van der Waals surface area contributed by atoms with Crippen molar-refractivity contribution in [1.82, 2.24) is 0 Å². The highest BCUT2D eigenvalue weighted by atomic mass is 16.3. The number of carbonyl (C=O) groups excluding carboxylic acids is 2. The first-order valence-electron chi connectivity index (χ1n) is 6.59. The Morgan fingerprint density at radius 2 is 1.38 bits per heavy atom. The van der Waals surface area contributed by atoms with Gasteiger partial charge in [-0.15, -0.1) is 0 Å². The summed E-state index contributed by atoms with van der Waals surface area (Å²) in [6.45, 7) is 3.14. The van der Waals surface area contributed by atoms with Crippen molar-refractivity contribution in [3.8, 4) is 5.75 Å². The zero-order valence-electron chi connectivity index (χ0n) is 11.7. The third-order valence-corrected chi connectivity index (χ3v) is 3.71. The predicted molar refractivity (Wildman–Crippen MR) is 76.7 cm³/mol. The minimum atomic E-state index is -1.24. The molecule has 4 heteroatoms. The lowest BCUT2D eigenvalue weighted by Gasteiger charge is -2.26. The fourth-order valence-electron chi connectivity index (χ4n) is 2.73. The second kappa shape index (κ2) is 4.27. The number of phenolic OH excluding ortho intramolecular Hbond substituents is 1. The highest BCUT2D eigenvalue weighted by Crippen LogP contribution is 2.36. The van der Waals surface area contributed by atoms with Crippen molar-refractivity contribution in [2.75, 3.05) is 0 Å². The number of hydrogen-bond donors (Lipinski definition) is 2. The number of benzene rings is 2. The molecule has 2 N–H and O–H groups in total. The van der Waals surface area contributed by atoms with Gasteiger partial charge in [0.2, 0.25) is 0 Å². The number of aromatic hydroxyl groups is 1. The largest absolute Gasteiger partial charge is 0.507 e. The Morgan fingerprint density at radius 3 is 2.00 bits per heavy atom. The summed E-state index contributed by atoms with van der Waals surface area (Å²) in [4.78, 5) is 25.3. The number of phenols is 1. The molecule has 0 spiro atoms. The fourth-order valence-corrected chi connectivity index (χ4v) is 2.73. The van der Waals surface area contributed by atoms with Gasteiger partial charge in [0, 0.05) is 16.7 Å². The number of carbonyl (C=O) groups is 2. The van der Waals surface area contributed by atoms with Crippen LogP contribution in [0.1, 0.15) is 51.3 Å². The standard InChI is InChI=1S/C17H14O4/c1-17(2,21)11-7-3-5-9-13(11)15(19)10-6-4-8-12(18)14(10)16(9)20/h3-8,18,21H,1-2H3. The van der Waals surface area contributed by atoms with Crippen LogP contribution in [-0.4, -0.2) is 21.8 Å². The Balaban J connectivity index is 2.36. The van der Waals surface area contributed by atoms with Crippen LogP contribution >= 0.6 is 0 Å². The first-order chi connectivity index (χ1) is 9.82. The van der Waals surface area contributed by atoms with E-state index in [2.05, 4.69) is 0 Å². The fraction of sp³-hybridized carbons (Fsp3) is 0.176. The van der Waals surface area contributed by atoms with E-state index in [1.807, 2.05) is 0 Å². The lowest BCUT2D eigenvalue weighted by molar-refractivity contribution is 0.0755. The van der Waals surface area contributed by atoms with Crippen molar-refractivity contribution in [2.45, 2.75) is 19.4 Å². The Bertz CT molecular complexity index is 782. The Kier molecular flexibility index (Phi) is 2.75. The molecule has 0 unspecified atom stereocenters. The van der Waals surface area contributed by atoms with E-state index in [9.17, 15) is 19.8 Å². The molecule has 21 heavy (non-hydrogen) atoms. The third kappa shape index (κ3) is 1.87. The van der Waals surface area contributed by atoms with Gasteiger partial charge in [0.05, 0.1) is 11.2 Å². The molecule has 1 aliphatic carbocycles. The van der Waals surface area contributed by atoms with Crippen LogP contribution in [0.2, 0.25) is 0 Å². The van der Waals surface area contributed by atoms with Gasteiger partial charge in [0.1, 0.15) is 5.75 Å². The summed E-state index contributed by atoms with van der Waals surface area (Å²) in [6.07, 6.45) is 0. The van der Waals surface area contributed by atoms with E-state index in [0.717, 1.165) is 0 Å². The van der Waals surface area contributed by atoms with E-state index < -0.39 is 11.4 Å². The Labute approximate surface area is 121 Å². The second-order valence-electron chi connectivity index (χ2n) is 5.65. The van der Waals surface area contributed by atoms with E-state index in [1.165, 1.54) is 18.2 Å². The molecule has 0 bridgehead atoms. The number of hydrogen-bond acceptors (Lipinski definition) is 4. The lowest BCUT2D eigenvalue weighted by atomic mass is 9.78. The average molecular weight is 282 g/mol. The van der Waals surface area contributed by atoms with Crippen LogP contribution in [0.3, 0.4) is 0 Å². The van der Waals surface area contributed by atoms with E-state index in [1.54, 1.807) is 32.0 Å². The van der Waals surface area contributed by atoms with Gasteiger partial charge in [-0.05, 0) is 25.5 Å². The van der Waals surface area contributed by atoms with Gasteiger partial charge >= 0.3 is 0 Å². The van der Waals surface area contributed by atoms with E-state index in [4.69, 9.17) is 0 Å². The number of fused-ring (bicyclic) bond motifs is 2. The van der Waals surface area contributed by atoms with Crippen molar-refractivity contribution < 1.29 is 19.8 Å². The highest BCUT2D eigenvalue weighted by molar-refractivity contribution is 6.29. The molecule has 1 aliphatic rings. The maximum atomic E-state index is 12.7. The van der Waals surface area contributed by atoms with Crippen LogP contribution in [-0.2, 0) is 5.60 Å². The molecule has 4 nitrogen and oxygen atoms in total. The van der Waals surface area contributed by atoms with Crippen molar-refractivity contribution >= 4 is 11.6 Å². The van der Waals surface area contributed by atoms with Crippen LogP contribution in [0.4, 0.5) is 0 Å². The molecule has 0 saturated carbocycles. The van der Waals surface area contributed by atoms with Crippen molar-refractivity contribution in [2.24, 2.45) is 0 Å². The summed E-state index contributed by atoms with van der Waals surface area (Å²) in [5.74, 6) is -0.956. The van der Waals surface area contributed by atoms with Crippen LogP contribution in [0, 0.1) is 0 Å². The topological polar surface area (TPSA) is 74.6 Å². The van der Waals surface area contributed by atoms with Crippen LogP contribution in [0.25, 0.3) is 0 Å². The summed E-state index contributed by atoms with van der Waals surface area (Å²) in [5, 5.41) is 20.1. The molecule has 106 valence electrons. The molecule has 0 amide bonds. The molecule has 2 aromatic rings. The predicted octanol–water partition coefficient (Wildman–Crippen LogP) is 2.40. The second-order valence-corrected chi connectivity index (χ2v) is 5.65. The maximum absolute atomic E-state index is 12.7. The minimum Gasteiger partial charge on any atom is -0.507 e. The summed E-state index contributed by atoms with van der Waals surface area (Å²) in [7, 11) is 0. The molecule has 0 atom stereocenters. The molecular weight excluding hydrogens is 268 g/mol. The molecule has 3 rings (SSSR count). The summed E-state index contributed by atoms with van der Waals surface area (Å²) >= 11 is 0. The SMILES string of the molecule is CC(C)(O)c1cccc2c1C(=O)c1cccc(O)c1C2=O. The average Bonchev–Trinajstić information content (AvgIpc) is 2.43. The van der Waals surface area contributed by atoms with Gasteiger partial charge in [-0.3, -0.25) is 9.59 Å². The first kappa shape index (κ1) is 13.5. The van der Waals surface area contributed by atoms with Crippen molar-refractivity contribution in [3.05, 3.63) is 64.2 Å². The van der Waals surface area contributed by atoms with E-state index in [-0.39, 0.29) is 33.8 Å². The molecule has 2 aromatic carbocycles. The van der Waals surface area contributed by atoms with Gasteiger partial charge in [0.25, 0.3) is 0 Å². The Morgan fingerprint density at radius 1 is 0.857 bits per heavy atom. The normalized spacial score (nSPS) is 13.9. The van der Waals surface area contributed by atoms with Gasteiger partial charge in [-0.25, -0.2) is 0 Å². The first-order valence-corrected chi connectivity index (χ1v) is 6.59. The lowest BCUT2D eigenvalue weighted by Crippen LogP contribution is -2.27. The zero-order valence-corrected chi connectivity index (χ0v) is 11.7. The van der Waals surface area contributed by atoms with E-state index >= 15 is 0 Å². The smallest absolute Gasteiger partial charge is 0.198 e. The molecule has 0 fully saturated rings. The quantitative estimate of drug-likeness (QED) is 0.718. The summed E-state index contributed by atoms with van der Waals surface area (Å²) < 4.78 is 0. The summed E-state index contributed by atoms with van der Waals surface area (Å²) in [5.41, 5.74) is -0.198. The minimum absolute atomic E-state index is 0.0305. The van der Waals surface area contributed by atoms with Gasteiger partial charge in [0.15, 0.2) is 11.6 Å². The number of rotatable bonds is 1. The molecule has 0 aromatic heterocycles. The van der Waals surface area contributed by atoms with Crippen LogP contribution in [0.5, 0.6) is 5.75 Å². The molecule has 0 aliphatic heterocycles. The monoisotopic (exact) mass is 282 g/mol. The molecule has 0 radical (unpaired) electrons. The number of aliphatic hydroxyl groups is 1. The maximum Gasteiger partial charge on any atom is 0.198 e. The Hall–Kier alpha value is -2.46. The zero-order chi connectivity index (χ0) is 15.4. The number of ketones is 2. The van der Waals surface area contributed by atoms with Crippen LogP contribution < -0.4 is 0 Å². The van der Waals surface area contributed by atoms with E-state index in [0.29, 0.717) is 5.56 Å². The molecule has 0 saturated heterocycles. The molecule has 0 heterocycles. The molecular formula is C17H14O4. The van der Waals surface area contributed by atoms with Gasteiger partial charge < -0.3 is 10.2 Å².